The van der Waals surface area contributed by atoms with E-state index in [0.717, 1.165) is 12.1 Å². The predicted octanol–water partition coefficient (Wildman–Crippen LogP) is 1.66. The Morgan fingerprint density at radius 3 is 2.76 bits per heavy atom. The van der Waals surface area contributed by atoms with Crippen molar-refractivity contribution in [1.29, 1.82) is 0 Å². The van der Waals surface area contributed by atoms with Crippen LogP contribution in [0.5, 0.6) is 0 Å². The fourth-order valence-electron chi connectivity index (χ4n) is 3.83. The number of likely N-dealkylation sites (tertiary alicyclic amines) is 1. The van der Waals surface area contributed by atoms with Gasteiger partial charge in [0.25, 0.3) is 5.91 Å². The minimum Gasteiger partial charge on any atom is -0.334 e. The number of benzene rings is 1. The Hall–Kier alpha value is -3.07. The molecule has 2 aromatic heterocycles. The second-order valence-electron chi connectivity index (χ2n) is 7.33. The lowest BCUT2D eigenvalue weighted by molar-refractivity contribution is 0.0777. The molecule has 4 rings (SSSR count). The Morgan fingerprint density at radius 2 is 2.07 bits per heavy atom. The second-order valence-corrected chi connectivity index (χ2v) is 7.33. The quantitative estimate of drug-likeness (QED) is 0.707. The summed E-state index contributed by atoms with van der Waals surface area (Å²) < 4.78 is 17.5. The lowest BCUT2D eigenvalue weighted by atomic mass is 10.0. The summed E-state index contributed by atoms with van der Waals surface area (Å²) in [4.78, 5) is 19.2. The van der Waals surface area contributed by atoms with Crippen LogP contribution in [0.4, 0.5) is 4.39 Å². The molecule has 152 valence electrons. The van der Waals surface area contributed by atoms with E-state index in [4.69, 9.17) is 5.73 Å². The third kappa shape index (κ3) is 3.53. The van der Waals surface area contributed by atoms with Crippen molar-refractivity contribution in [1.82, 2.24) is 29.4 Å². The van der Waals surface area contributed by atoms with Gasteiger partial charge in [0.05, 0.1) is 0 Å². The lowest BCUT2D eigenvalue weighted by Crippen LogP contribution is -2.33. The van der Waals surface area contributed by atoms with Crippen molar-refractivity contribution in [2.75, 3.05) is 13.1 Å². The maximum atomic E-state index is 14.3. The summed E-state index contributed by atoms with van der Waals surface area (Å²) >= 11 is 0. The Morgan fingerprint density at radius 1 is 1.28 bits per heavy atom. The fraction of sp³-hybridized carbons (Fsp3) is 0.400. The van der Waals surface area contributed by atoms with E-state index in [-0.39, 0.29) is 29.4 Å². The minimum absolute atomic E-state index is 0.00443. The van der Waals surface area contributed by atoms with Crippen molar-refractivity contribution >= 4 is 5.91 Å². The van der Waals surface area contributed by atoms with Crippen LogP contribution in [0.1, 0.15) is 41.4 Å². The van der Waals surface area contributed by atoms with E-state index in [2.05, 4.69) is 15.2 Å². The van der Waals surface area contributed by atoms with Crippen LogP contribution >= 0.6 is 0 Å². The molecular formula is C20H24FN7O. The van der Waals surface area contributed by atoms with Gasteiger partial charge in [0.15, 0.2) is 0 Å². The van der Waals surface area contributed by atoms with Gasteiger partial charge in [-0.15, -0.1) is 5.10 Å². The molecule has 1 fully saturated rings. The number of carbonyl (C=O) groups is 1. The summed E-state index contributed by atoms with van der Waals surface area (Å²) in [5.41, 5.74) is 7.58. The van der Waals surface area contributed by atoms with Crippen molar-refractivity contribution in [2.45, 2.75) is 31.7 Å². The number of hydrogen-bond donors (Lipinski definition) is 1. The molecule has 0 bridgehead atoms. The monoisotopic (exact) mass is 397 g/mol. The number of rotatable bonds is 5. The fourth-order valence-corrected chi connectivity index (χ4v) is 3.83. The highest BCUT2D eigenvalue weighted by atomic mass is 19.1. The summed E-state index contributed by atoms with van der Waals surface area (Å²) in [7, 11) is 1.86. The van der Waals surface area contributed by atoms with Gasteiger partial charge >= 0.3 is 0 Å². The largest absolute Gasteiger partial charge is 0.334 e. The van der Waals surface area contributed by atoms with Crippen LogP contribution in [0.25, 0.3) is 5.69 Å². The molecule has 9 heteroatoms. The van der Waals surface area contributed by atoms with Crippen LogP contribution in [0, 0.1) is 5.82 Å². The van der Waals surface area contributed by atoms with E-state index in [0.29, 0.717) is 25.3 Å². The molecule has 1 aromatic carbocycles. The molecule has 29 heavy (non-hydrogen) atoms. The van der Waals surface area contributed by atoms with Crippen molar-refractivity contribution in [3.8, 4) is 5.69 Å². The van der Waals surface area contributed by atoms with Crippen LogP contribution in [0.15, 0.2) is 36.5 Å². The van der Waals surface area contributed by atoms with Gasteiger partial charge in [0.1, 0.15) is 17.3 Å². The normalized spacial score (nSPS) is 19.1. The van der Waals surface area contributed by atoms with E-state index in [9.17, 15) is 9.18 Å². The molecule has 0 radical (unpaired) electrons. The molecule has 3 heterocycles. The van der Waals surface area contributed by atoms with E-state index >= 15 is 0 Å². The molecule has 1 saturated heterocycles. The Balaban J connectivity index is 1.62. The highest BCUT2D eigenvalue weighted by Gasteiger charge is 2.37. The third-order valence-corrected chi connectivity index (χ3v) is 5.31. The van der Waals surface area contributed by atoms with Gasteiger partial charge in [-0.2, -0.15) is 5.10 Å². The molecule has 0 saturated carbocycles. The molecule has 0 aliphatic carbocycles. The van der Waals surface area contributed by atoms with Gasteiger partial charge in [0.2, 0.25) is 5.82 Å². The summed E-state index contributed by atoms with van der Waals surface area (Å²) in [6, 6.07) is 8.07. The van der Waals surface area contributed by atoms with Gasteiger partial charge in [-0.25, -0.2) is 14.1 Å². The van der Waals surface area contributed by atoms with Crippen LogP contribution in [-0.4, -0.2) is 54.5 Å². The summed E-state index contributed by atoms with van der Waals surface area (Å²) in [6.45, 7) is 2.88. The number of para-hydroxylation sites is 1. The topological polar surface area (TPSA) is 94.9 Å². The number of nitrogens with two attached hydrogens (primary N) is 1. The van der Waals surface area contributed by atoms with Gasteiger partial charge in [0, 0.05) is 50.4 Å². The van der Waals surface area contributed by atoms with E-state index in [1.165, 1.54) is 10.7 Å². The summed E-state index contributed by atoms with van der Waals surface area (Å²) in [6.07, 6.45) is 3.12. The number of amides is 1. The van der Waals surface area contributed by atoms with E-state index in [1.54, 1.807) is 34.0 Å². The number of carbonyl (C=O) groups excluding carboxylic acids is 1. The maximum absolute atomic E-state index is 14.3. The first kappa shape index (κ1) is 19.3. The average Bonchev–Trinajstić information content (AvgIpc) is 3.41. The van der Waals surface area contributed by atoms with Crippen molar-refractivity contribution in [2.24, 2.45) is 12.8 Å². The molecule has 8 nitrogen and oxygen atoms in total. The van der Waals surface area contributed by atoms with Crippen molar-refractivity contribution in [3.63, 3.8) is 0 Å². The maximum Gasteiger partial charge on any atom is 0.293 e. The van der Waals surface area contributed by atoms with Gasteiger partial charge in [-0.1, -0.05) is 19.1 Å². The van der Waals surface area contributed by atoms with Gasteiger partial charge in [-0.3, -0.25) is 9.48 Å². The zero-order chi connectivity index (χ0) is 20.5. The highest BCUT2D eigenvalue weighted by molar-refractivity contribution is 5.90. The van der Waals surface area contributed by atoms with Crippen LogP contribution in [-0.2, 0) is 13.5 Å². The zero-order valence-electron chi connectivity index (χ0n) is 16.5. The van der Waals surface area contributed by atoms with Gasteiger partial charge < -0.3 is 10.6 Å². The summed E-state index contributed by atoms with van der Waals surface area (Å²) in [5.74, 6) is -0.0804. The third-order valence-electron chi connectivity index (χ3n) is 5.31. The lowest BCUT2D eigenvalue weighted by Gasteiger charge is -2.14. The van der Waals surface area contributed by atoms with E-state index < -0.39 is 5.82 Å². The molecule has 2 N–H and O–H groups in total. The van der Waals surface area contributed by atoms with Crippen LogP contribution in [0.2, 0.25) is 0 Å². The van der Waals surface area contributed by atoms with E-state index in [1.807, 2.05) is 20.0 Å². The standard InChI is InChI=1S/C20H24FN7O/c1-3-6-18-24-19(25-28(18)17-8-5-4-7-14(17)21)20(29)27-11-13(15(22)12-27)16-9-10-23-26(16)2/h4-5,7-10,13,15H,3,6,11-12,22H2,1-2H3/t13-,15-/m1/s1. The molecule has 1 aliphatic heterocycles. The number of aromatic nitrogens is 5. The Labute approximate surface area is 168 Å². The smallest absolute Gasteiger partial charge is 0.293 e. The first-order valence-corrected chi connectivity index (χ1v) is 9.73. The molecule has 3 aromatic rings. The highest BCUT2D eigenvalue weighted by Crippen LogP contribution is 2.27. The van der Waals surface area contributed by atoms with Crippen LogP contribution < -0.4 is 5.73 Å². The molecular weight excluding hydrogens is 373 g/mol. The SMILES string of the molecule is CCCc1nc(C(=O)N2C[C@@H](N)[C@H](c3ccnn3C)C2)nn1-c1ccccc1F. The Bertz CT molecular complexity index is 1030. The Kier molecular flexibility index (Phi) is 5.14. The minimum atomic E-state index is -0.409. The van der Waals surface area contributed by atoms with Gasteiger partial charge in [-0.05, 0) is 24.6 Å². The number of halogens is 1. The number of nitrogens with zero attached hydrogens (tertiary/aromatic N) is 6. The molecule has 1 amide bonds. The number of aryl methyl sites for hydroxylation is 2. The molecule has 2 atom stereocenters. The first-order valence-electron chi connectivity index (χ1n) is 9.73. The molecule has 1 aliphatic rings. The summed E-state index contributed by atoms with van der Waals surface area (Å²) in [5, 5.41) is 8.55. The second kappa shape index (κ2) is 7.75. The zero-order valence-corrected chi connectivity index (χ0v) is 16.5. The molecule has 0 unspecified atom stereocenters. The molecule has 0 spiro atoms. The van der Waals surface area contributed by atoms with Crippen LogP contribution in [0.3, 0.4) is 0 Å². The average molecular weight is 397 g/mol. The number of hydrogen-bond acceptors (Lipinski definition) is 5. The first-order chi connectivity index (χ1) is 14.0. The predicted molar refractivity (Wildman–Crippen MR) is 105 cm³/mol. The van der Waals surface area contributed by atoms with Crippen molar-refractivity contribution in [3.05, 3.63) is 59.7 Å². The van der Waals surface area contributed by atoms with Crippen molar-refractivity contribution < 1.29 is 9.18 Å².